The second-order valence-electron chi connectivity index (χ2n) is 14.7. The van der Waals surface area contributed by atoms with E-state index < -0.39 is 33.9 Å². The summed E-state index contributed by atoms with van der Waals surface area (Å²) < 4.78 is 41.4. The molecule has 13 heteroatoms. The molecule has 11 nitrogen and oxygen atoms in total. The van der Waals surface area contributed by atoms with E-state index in [2.05, 4.69) is 22.0 Å². The summed E-state index contributed by atoms with van der Waals surface area (Å²) in [5.41, 5.74) is 0.264. The number of rotatable bonds is 4. The second-order valence-corrected chi connectivity index (χ2v) is 16.8. The van der Waals surface area contributed by atoms with Crippen LogP contribution in [0.25, 0.3) is 0 Å². The van der Waals surface area contributed by atoms with Crippen LogP contribution in [0.2, 0.25) is 5.02 Å². The van der Waals surface area contributed by atoms with Crippen LogP contribution >= 0.6 is 11.6 Å². The standard InChI is InChI=1S/C39H45ClN4O7S/c1-43-19-4-3-7-34(50-2)31-11-8-27(31)23-44-24-38(16-5-6-26-20-29(40)10-12-32(26)38)25-51-35-13-9-28(21-33(35)44)39(47,22-36(43)45)37(46)42-52(48,49)30-14-17-41-18-15-30/h3,7,9-10,12-15,17-18,20-21,27,31,34,47H,4-6,8,11,16,19,22-25H2,1-2H3,(H,42,46)/b7-3-/t27-,31+,34-,38-,39+/m0/s1. The van der Waals surface area contributed by atoms with E-state index in [1.54, 1.807) is 32.4 Å². The van der Waals surface area contributed by atoms with E-state index in [1.165, 1.54) is 40.6 Å². The lowest BCUT2D eigenvalue weighted by Crippen LogP contribution is -2.50. The van der Waals surface area contributed by atoms with E-state index in [0.717, 1.165) is 32.1 Å². The number of aliphatic hydroxyl groups is 1. The van der Waals surface area contributed by atoms with E-state index in [9.17, 15) is 23.1 Å². The highest BCUT2D eigenvalue weighted by molar-refractivity contribution is 7.90. The van der Waals surface area contributed by atoms with Gasteiger partial charge in [0.2, 0.25) is 5.91 Å². The number of fused-ring (bicyclic) bond motifs is 4. The lowest BCUT2D eigenvalue weighted by molar-refractivity contribution is -0.148. The molecule has 5 atom stereocenters. The number of hydrogen-bond acceptors (Lipinski definition) is 9. The van der Waals surface area contributed by atoms with Crippen molar-refractivity contribution in [3.8, 4) is 5.75 Å². The van der Waals surface area contributed by atoms with Crippen molar-refractivity contribution in [1.82, 2.24) is 14.6 Å². The van der Waals surface area contributed by atoms with Gasteiger partial charge in [-0.3, -0.25) is 14.6 Å². The number of aryl methyl sites for hydroxylation is 1. The Morgan fingerprint density at radius 2 is 1.94 bits per heavy atom. The predicted octanol–water partition coefficient (Wildman–Crippen LogP) is 4.75. The van der Waals surface area contributed by atoms with Crippen LogP contribution in [0.5, 0.6) is 5.75 Å². The number of amides is 2. The van der Waals surface area contributed by atoms with Crippen LogP contribution < -0.4 is 14.4 Å². The van der Waals surface area contributed by atoms with E-state index in [-0.39, 0.29) is 27.9 Å². The van der Waals surface area contributed by atoms with Gasteiger partial charge in [-0.15, -0.1) is 0 Å². The minimum Gasteiger partial charge on any atom is -0.490 e. The molecule has 1 fully saturated rings. The largest absolute Gasteiger partial charge is 0.490 e. The van der Waals surface area contributed by atoms with E-state index in [0.29, 0.717) is 55.0 Å². The molecule has 3 aromatic rings. The van der Waals surface area contributed by atoms with Gasteiger partial charge in [-0.25, -0.2) is 13.1 Å². The lowest BCUT2D eigenvalue weighted by atomic mass is 9.68. The van der Waals surface area contributed by atoms with Gasteiger partial charge in [0.05, 0.1) is 29.7 Å². The Kier molecular flexibility index (Phi) is 10.1. The number of ether oxygens (including phenoxy) is 2. The van der Waals surface area contributed by atoms with E-state index in [1.807, 2.05) is 22.9 Å². The Hall–Kier alpha value is -3.97. The Labute approximate surface area is 310 Å². The number of carbonyl (C=O) groups excluding carboxylic acids is 2. The highest BCUT2D eigenvalue weighted by Crippen LogP contribution is 2.48. The highest BCUT2D eigenvalue weighted by Gasteiger charge is 2.47. The van der Waals surface area contributed by atoms with Crippen LogP contribution in [-0.4, -0.2) is 81.7 Å². The number of benzene rings is 2. The number of aromatic nitrogens is 1. The molecule has 52 heavy (non-hydrogen) atoms. The van der Waals surface area contributed by atoms with Crippen molar-refractivity contribution >= 4 is 39.1 Å². The topological polar surface area (TPSA) is 138 Å². The van der Waals surface area contributed by atoms with E-state index >= 15 is 0 Å². The van der Waals surface area contributed by atoms with Crippen LogP contribution in [0.3, 0.4) is 0 Å². The smallest absolute Gasteiger partial charge is 0.270 e. The maximum absolute atomic E-state index is 14.1. The van der Waals surface area contributed by atoms with Gasteiger partial charge < -0.3 is 24.4 Å². The third kappa shape index (κ3) is 6.93. The quantitative estimate of drug-likeness (QED) is 0.362. The predicted molar refractivity (Wildman–Crippen MR) is 197 cm³/mol. The number of halogens is 1. The fourth-order valence-corrected chi connectivity index (χ4v) is 9.58. The van der Waals surface area contributed by atoms with Crippen LogP contribution in [0.1, 0.15) is 55.2 Å². The average Bonchev–Trinajstić information content (AvgIpc) is 3.27. The summed E-state index contributed by atoms with van der Waals surface area (Å²) in [5, 5.41) is 13.1. The molecule has 0 saturated heterocycles. The van der Waals surface area contributed by atoms with Crippen LogP contribution in [-0.2, 0) is 41.8 Å². The summed E-state index contributed by atoms with van der Waals surface area (Å²) in [6.45, 7) is 2.02. The van der Waals surface area contributed by atoms with Gasteiger partial charge in [0, 0.05) is 56.6 Å². The van der Waals surface area contributed by atoms with Gasteiger partial charge in [-0.2, -0.15) is 0 Å². The van der Waals surface area contributed by atoms with Crippen molar-refractivity contribution in [3.63, 3.8) is 0 Å². The number of nitrogens with zero attached hydrogens (tertiary/aromatic N) is 3. The van der Waals surface area contributed by atoms with Crippen LogP contribution in [0, 0.1) is 11.8 Å². The molecule has 4 aliphatic rings. The highest BCUT2D eigenvalue weighted by atomic mass is 35.5. The zero-order chi connectivity index (χ0) is 36.7. The zero-order valence-electron chi connectivity index (χ0n) is 29.5. The number of pyridine rings is 1. The Balaban J connectivity index is 1.34. The SMILES string of the molecule is CO[C@H]1/C=C\CCN(C)C(=O)C[C@](O)(C(=O)NS(=O)(=O)c2ccncc2)c2ccc3c(c2)N(C[C@@H]2CC[C@H]21)C[C@@]1(CCCc2cc(Cl)ccc21)CO3. The summed E-state index contributed by atoms with van der Waals surface area (Å²) in [7, 11) is -1.08. The van der Waals surface area contributed by atoms with Gasteiger partial charge in [-0.1, -0.05) is 35.9 Å². The molecule has 0 unspecified atom stereocenters. The number of sulfonamides is 1. The molecule has 2 amide bonds. The van der Waals surface area contributed by atoms with Crippen molar-refractivity contribution in [1.29, 1.82) is 0 Å². The van der Waals surface area contributed by atoms with Gasteiger partial charge in [0.25, 0.3) is 15.9 Å². The minimum atomic E-state index is -4.41. The van der Waals surface area contributed by atoms with Gasteiger partial charge in [0.15, 0.2) is 5.60 Å². The Bertz CT molecular complexity index is 1980. The fourth-order valence-electron chi connectivity index (χ4n) is 8.38. The molecule has 2 aliphatic heterocycles. The number of nitrogens with one attached hydrogen (secondary N) is 1. The first-order valence-electron chi connectivity index (χ1n) is 17.9. The summed E-state index contributed by atoms with van der Waals surface area (Å²) in [4.78, 5) is 35.2. The molecule has 1 aromatic heterocycles. The normalized spacial score (nSPS) is 28.5. The summed E-state index contributed by atoms with van der Waals surface area (Å²) in [5.74, 6) is -0.610. The van der Waals surface area contributed by atoms with Crippen molar-refractivity contribution in [2.45, 2.75) is 67.0 Å². The molecule has 2 aliphatic carbocycles. The zero-order valence-corrected chi connectivity index (χ0v) is 31.0. The third-order valence-electron chi connectivity index (χ3n) is 11.5. The van der Waals surface area contributed by atoms with Crippen LogP contribution in [0.4, 0.5) is 5.69 Å². The van der Waals surface area contributed by atoms with Crippen LogP contribution in [0.15, 0.2) is 78.0 Å². The first-order valence-corrected chi connectivity index (χ1v) is 19.7. The molecule has 3 heterocycles. The maximum atomic E-state index is 14.1. The molecule has 2 N–H and O–H groups in total. The summed E-state index contributed by atoms with van der Waals surface area (Å²) >= 11 is 6.46. The third-order valence-corrected chi connectivity index (χ3v) is 13.1. The minimum absolute atomic E-state index is 0.0793. The summed E-state index contributed by atoms with van der Waals surface area (Å²) in [6.07, 6.45) is 11.3. The molecule has 1 spiro atoms. The molecule has 0 radical (unpaired) electrons. The molecule has 7 rings (SSSR count). The Morgan fingerprint density at radius 3 is 2.69 bits per heavy atom. The Morgan fingerprint density at radius 1 is 1.13 bits per heavy atom. The lowest BCUT2D eigenvalue weighted by Gasteiger charge is -2.46. The van der Waals surface area contributed by atoms with Crippen molar-refractivity contribution in [2.75, 3.05) is 45.3 Å². The van der Waals surface area contributed by atoms with Crippen molar-refractivity contribution in [2.24, 2.45) is 11.8 Å². The number of hydrogen-bond donors (Lipinski definition) is 2. The number of carbonyl (C=O) groups is 2. The number of methoxy groups -OCH3 is 1. The molecule has 2 bridgehead atoms. The fraction of sp³-hybridized carbons (Fsp3) is 0.462. The second kappa shape index (κ2) is 14.5. The van der Waals surface area contributed by atoms with Gasteiger partial charge >= 0.3 is 0 Å². The van der Waals surface area contributed by atoms with Crippen molar-refractivity contribution < 1.29 is 32.6 Å². The molecular formula is C39H45ClN4O7S. The first-order chi connectivity index (χ1) is 24.9. The van der Waals surface area contributed by atoms with Crippen molar-refractivity contribution in [3.05, 3.63) is 94.8 Å². The number of anilines is 1. The van der Waals surface area contributed by atoms with E-state index in [4.69, 9.17) is 21.1 Å². The maximum Gasteiger partial charge on any atom is 0.270 e. The first kappa shape index (κ1) is 36.4. The molecule has 2 aromatic carbocycles. The summed E-state index contributed by atoms with van der Waals surface area (Å²) in [6, 6.07) is 13.6. The molecular weight excluding hydrogens is 704 g/mol. The average molecular weight is 749 g/mol. The molecule has 276 valence electrons. The molecule has 1 saturated carbocycles. The monoisotopic (exact) mass is 748 g/mol. The van der Waals surface area contributed by atoms with Gasteiger partial charge in [0.1, 0.15) is 5.75 Å². The van der Waals surface area contributed by atoms with Gasteiger partial charge in [-0.05, 0) is 103 Å².